The summed E-state index contributed by atoms with van der Waals surface area (Å²) >= 11 is 0. The van der Waals surface area contributed by atoms with Crippen LogP contribution in [0.15, 0.2) is 41.7 Å². The van der Waals surface area contributed by atoms with Crippen LogP contribution >= 0.6 is 0 Å². The van der Waals surface area contributed by atoms with Gasteiger partial charge in [0.1, 0.15) is 6.61 Å². The van der Waals surface area contributed by atoms with E-state index in [0.717, 1.165) is 18.4 Å². The van der Waals surface area contributed by atoms with Gasteiger partial charge in [0.15, 0.2) is 5.69 Å². The molecule has 0 aliphatic carbocycles. The molecule has 2 heterocycles. The molecular formula is C17H19N5O3. The lowest BCUT2D eigenvalue weighted by Crippen LogP contribution is -2.14. The minimum atomic E-state index is -0.341. The van der Waals surface area contributed by atoms with Crippen molar-refractivity contribution >= 4 is 17.6 Å². The highest BCUT2D eigenvalue weighted by atomic mass is 16.5. The van der Waals surface area contributed by atoms with Crippen LogP contribution in [0.5, 0.6) is 5.88 Å². The molecule has 1 aliphatic heterocycles. The number of carbonyl (C=O) groups is 1. The molecule has 0 bridgehead atoms. The standard InChI is InChI=1S/C17H19N5O3/c1-24-15-9-19-8-14(22-15)16(23)20-12-5-2-11(3-6-12)4-7-13-10-25-17(18)21-13/h2-3,5-6,8-9,13H,4,7,10H2,1H3,(H2,18,21)(H,20,23)/t13-/m0/s1. The molecular weight excluding hydrogens is 322 g/mol. The molecule has 1 amide bonds. The van der Waals surface area contributed by atoms with E-state index in [1.807, 2.05) is 24.3 Å². The third kappa shape index (κ3) is 4.43. The van der Waals surface area contributed by atoms with Crippen LogP contribution in [0.1, 0.15) is 22.5 Å². The van der Waals surface area contributed by atoms with Gasteiger partial charge in [0, 0.05) is 5.69 Å². The summed E-state index contributed by atoms with van der Waals surface area (Å²) in [7, 11) is 1.47. The first kappa shape index (κ1) is 16.7. The zero-order valence-corrected chi connectivity index (χ0v) is 13.8. The van der Waals surface area contributed by atoms with Crippen LogP contribution in [0.3, 0.4) is 0 Å². The number of amides is 1. The number of methoxy groups -OCH3 is 1. The van der Waals surface area contributed by atoms with E-state index in [1.54, 1.807) is 0 Å². The Morgan fingerprint density at radius 3 is 2.84 bits per heavy atom. The van der Waals surface area contributed by atoms with Crippen molar-refractivity contribution in [3.8, 4) is 5.88 Å². The highest BCUT2D eigenvalue weighted by Crippen LogP contribution is 2.15. The number of hydrogen-bond acceptors (Lipinski definition) is 7. The Balaban J connectivity index is 1.55. The lowest BCUT2D eigenvalue weighted by Gasteiger charge is -2.08. The minimum absolute atomic E-state index is 0.117. The molecule has 0 saturated heterocycles. The van der Waals surface area contributed by atoms with Crippen LogP contribution in [0, 0.1) is 0 Å². The maximum absolute atomic E-state index is 12.2. The summed E-state index contributed by atoms with van der Waals surface area (Å²) in [4.78, 5) is 24.4. The van der Waals surface area contributed by atoms with Gasteiger partial charge in [-0.15, -0.1) is 0 Å². The van der Waals surface area contributed by atoms with Crippen LogP contribution in [-0.4, -0.2) is 41.7 Å². The number of rotatable bonds is 6. The Morgan fingerprint density at radius 1 is 1.36 bits per heavy atom. The van der Waals surface area contributed by atoms with Gasteiger partial charge >= 0.3 is 0 Å². The van der Waals surface area contributed by atoms with Crippen molar-refractivity contribution in [1.29, 1.82) is 0 Å². The van der Waals surface area contributed by atoms with E-state index in [1.165, 1.54) is 19.5 Å². The molecule has 1 aromatic heterocycles. The Bertz CT molecular complexity index is 776. The van der Waals surface area contributed by atoms with Gasteiger partial charge < -0.3 is 20.5 Å². The Labute approximate surface area is 145 Å². The lowest BCUT2D eigenvalue weighted by molar-refractivity contribution is 0.102. The molecule has 25 heavy (non-hydrogen) atoms. The summed E-state index contributed by atoms with van der Waals surface area (Å²) in [6.45, 7) is 0.543. The second kappa shape index (κ2) is 7.61. The third-order valence-corrected chi connectivity index (χ3v) is 3.77. The van der Waals surface area contributed by atoms with Crippen LogP contribution in [0.4, 0.5) is 5.69 Å². The van der Waals surface area contributed by atoms with Crippen LogP contribution < -0.4 is 15.8 Å². The molecule has 0 unspecified atom stereocenters. The van der Waals surface area contributed by atoms with E-state index in [4.69, 9.17) is 15.2 Å². The van der Waals surface area contributed by atoms with E-state index in [2.05, 4.69) is 20.3 Å². The van der Waals surface area contributed by atoms with Crippen LogP contribution in [0.25, 0.3) is 0 Å². The average Bonchev–Trinajstić information content (AvgIpc) is 3.06. The van der Waals surface area contributed by atoms with Gasteiger partial charge in [-0.3, -0.25) is 9.78 Å². The molecule has 1 aliphatic rings. The van der Waals surface area contributed by atoms with Crippen LogP contribution in [-0.2, 0) is 11.2 Å². The van der Waals surface area contributed by atoms with Gasteiger partial charge in [-0.25, -0.2) is 9.98 Å². The molecule has 8 heteroatoms. The number of aromatic nitrogens is 2. The molecule has 2 aromatic rings. The van der Waals surface area contributed by atoms with Gasteiger partial charge in [0.2, 0.25) is 5.88 Å². The summed E-state index contributed by atoms with van der Waals surface area (Å²) in [5, 5.41) is 2.78. The normalized spacial score (nSPS) is 16.0. The van der Waals surface area contributed by atoms with Gasteiger partial charge in [0.05, 0.1) is 25.5 Å². The molecule has 1 atom stereocenters. The smallest absolute Gasteiger partial charge is 0.282 e. The maximum atomic E-state index is 12.2. The zero-order chi connectivity index (χ0) is 17.6. The molecule has 0 spiro atoms. The number of aliphatic imine (C=N–C) groups is 1. The van der Waals surface area contributed by atoms with Crippen molar-refractivity contribution < 1.29 is 14.3 Å². The van der Waals surface area contributed by atoms with Crippen molar-refractivity contribution in [2.45, 2.75) is 18.9 Å². The highest BCUT2D eigenvalue weighted by Gasteiger charge is 2.16. The predicted octanol–water partition coefficient (Wildman–Crippen LogP) is 1.38. The van der Waals surface area contributed by atoms with Crippen molar-refractivity contribution in [2.24, 2.45) is 10.7 Å². The first-order valence-corrected chi connectivity index (χ1v) is 7.86. The molecule has 130 valence electrons. The molecule has 8 nitrogen and oxygen atoms in total. The van der Waals surface area contributed by atoms with E-state index in [9.17, 15) is 4.79 Å². The monoisotopic (exact) mass is 341 g/mol. The maximum Gasteiger partial charge on any atom is 0.282 e. The molecule has 0 saturated carbocycles. The number of benzene rings is 1. The Hall–Kier alpha value is -3.16. The lowest BCUT2D eigenvalue weighted by atomic mass is 10.1. The van der Waals surface area contributed by atoms with Crippen molar-refractivity contribution in [2.75, 3.05) is 19.0 Å². The summed E-state index contributed by atoms with van der Waals surface area (Å²) in [6.07, 6.45) is 4.56. The fourth-order valence-electron chi connectivity index (χ4n) is 2.42. The quantitative estimate of drug-likeness (QED) is 0.821. The van der Waals surface area contributed by atoms with E-state index < -0.39 is 0 Å². The second-order valence-corrected chi connectivity index (χ2v) is 5.57. The first-order valence-electron chi connectivity index (χ1n) is 7.86. The molecule has 0 fully saturated rings. The minimum Gasteiger partial charge on any atom is -0.480 e. The number of aryl methyl sites for hydroxylation is 1. The average molecular weight is 341 g/mol. The Morgan fingerprint density at radius 2 is 2.16 bits per heavy atom. The third-order valence-electron chi connectivity index (χ3n) is 3.77. The van der Waals surface area contributed by atoms with Gasteiger partial charge in [-0.2, -0.15) is 0 Å². The molecule has 0 radical (unpaired) electrons. The molecule has 1 aromatic carbocycles. The van der Waals surface area contributed by atoms with Gasteiger partial charge in [0.25, 0.3) is 11.9 Å². The SMILES string of the molecule is COc1cncc(C(=O)Nc2ccc(CC[C@H]3COC(N)=N3)cc2)n1. The number of ether oxygens (including phenoxy) is 2. The fourth-order valence-corrected chi connectivity index (χ4v) is 2.42. The van der Waals surface area contributed by atoms with E-state index in [-0.39, 0.29) is 23.7 Å². The highest BCUT2D eigenvalue weighted by molar-refractivity contribution is 6.02. The topological polar surface area (TPSA) is 112 Å². The number of nitrogens with zero attached hydrogens (tertiary/aromatic N) is 3. The van der Waals surface area contributed by atoms with Gasteiger partial charge in [-0.1, -0.05) is 12.1 Å². The van der Waals surface area contributed by atoms with Crippen molar-refractivity contribution in [1.82, 2.24) is 9.97 Å². The molecule has 3 N–H and O–H groups in total. The number of carbonyl (C=O) groups excluding carboxylic acids is 1. The number of anilines is 1. The zero-order valence-electron chi connectivity index (χ0n) is 13.8. The summed E-state index contributed by atoms with van der Waals surface area (Å²) in [5.74, 6) is -0.0470. The summed E-state index contributed by atoms with van der Waals surface area (Å²) < 4.78 is 10.1. The fraction of sp³-hybridized carbons (Fsp3) is 0.294. The number of nitrogens with two attached hydrogens (primary N) is 1. The van der Waals surface area contributed by atoms with Crippen molar-refractivity contribution in [3.63, 3.8) is 0 Å². The second-order valence-electron chi connectivity index (χ2n) is 5.57. The largest absolute Gasteiger partial charge is 0.480 e. The predicted molar refractivity (Wildman–Crippen MR) is 92.7 cm³/mol. The first-order chi connectivity index (χ1) is 12.1. The van der Waals surface area contributed by atoms with E-state index in [0.29, 0.717) is 18.2 Å². The van der Waals surface area contributed by atoms with Crippen LogP contribution in [0.2, 0.25) is 0 Å². The Kier molecular flexibility index (Phi) is 5.08. The number of nitrogens with one attached hydrogen (secondary N) is 1. The number of hydrogen-bond donors (Lipinski definition) is 2. The number of amidine groups is 1. The molecule has 3 rings (SSSR count). The summed E-state index contributed by atoms with van der Waals surface area (Å²) in [6, 6.07) is 8.02. The van der Waals surface area contributed by atoms with Gasteiger partial charge in [-0.05, 0) is 30.5 Å². The van der Waals surface area contributed by atoms with E-state index >= 15 is 0 Å². The summed E-state index contributed by atoms with van der Waals surface area (Å²) in [5.41, 5.74) is 7.53. The van der Waals surface area contributed by atoms with Crippen molar-refractivity contribution in [3.05, 3.63) is 47.9 Å².